The lowest BCUT2D eigenvalue weighted by molar-refractivity contribution is 0.0523. The molecule has 20 heavy (non-hydrogen) atoms. The number of rotatable bonds is 4. The quantitative estimate of drug-likeness (QED) is 0.856. The molecule has 0 aliphatic heterocycles. The normalized spacial score (nSPS) is 10.8. The van der Waals surface area contributed by atoms with E-state index >= 15 is 0 Å². The van der Waals surface area contributed by atoms with Gasteiger partial charge in [-0.1, -0.05) is 0 Å². The van der Waals surface area contributed by atoms with Gasteiger partial charge in [-0.3, -0.25) is 4.79 Å². The van der Waals surface area contributed by atoms with Crippen LogP contribution in [0.25, 0.3) is 0 Å². The molecule has 110 valence electrons. The Morgan fingerprint density at radius 2 is 1.95 bits per heavy atom. The summed E-state index contributed by atoms with van der Waals surface area (Å²) in [5, 5.41) is 2.58. The van der Waals surface area contributed by atoms with Crippen molar-refractivity contribution in [3.05, 3.63) is 23.5 Å². The summed E-state index contributed by atoms with van der Waals surface area (Å²) in [6, 6.07) is 3.21. The highest BCUT2D eigenvalue weighted by Gasteiger charge is 2.16. The van der Waals surface area contributed by atoms with Crippen LogP contribution in [0, 0.1) is 0 Å². The first-order valence-electron chi connectivity index (χ1n) is 6.24. The first-order valence-corrected chi connectivity index (χ1v) is 6.24. The van der Waals surface area contributed by atoms with Gasteiger partial charge in [-0.25, -0.2) is 9.78 Å². The number of carbonyl (C=O) groups excluding carboxylic acids is 2. The molecular weight excluding hydrogens is 260 g/mol. The molecule has 0 atom stereocenters. The molecule has 1 N–H and O–H groups in total. The fourth-order valence-corrected chi connectivity index (χ4v) is 1.43. The molecule has 1 amide bonds. The largest absolute Gasteiger partial charge is 0.497 e. The van der Waals surface area contributed by atoms with E-state index in [0.29, 0.717) is 17.1 Å². The smallest absolute Gasteiger partial charge is 0.407 e. The number of hydrogen-bond donors (Lipinski definition) is 1. The Bertz CT molecular complexity index is 506. The topological polar surface area (TPSA) is 77.5 Å². The Kier molecular flexibility index (Phi) is 5.07. The molecule has 0 radical (unpaired) electrons. The molecule has 1 aromatic heterocycles. The Labute approximate surface area is 118 Å². The van der Waals surface area contributed by atoms with E-state index < -0.39 is 11.7 Å². The molecule has 0 spiro atoms. The second kappa shape index (κ2) is 6.36. The molecule has 0 aliphatic carbocycles. The van der Waals surface area contributed by atoms with Crippen LogP contribution in [0.15, 0.2) is 12.1 Å². The van der Waals surface area contributed by atoms with Crippen molar-refractivity contribution in [3.8, 4) is 5.75 Å². The Hall–Kier alpha value is -2.11. The van der Waals surface area contributed by atoms with Gasteiger partial charge in [0.2, 0.25) is 0 Å². The van der Waals surface area contributed by atoms with Crippen LogP contribution < -0.4 is 10.1 Å². The molecule has 0 unspecified atom stereocenters. The van der Waals surface area contributed by atoms with Crippen LogP contribution in [-0.4, -0.2) is 29.6 Å². The monoisotopic (exact) mass is 280 g/mol. The molecule has 0 bridgehead atoms. The lowest BCUT2D eigenvalue weighted by Gasteiger charge is -2.19. The summed E-state index contributed by atoms with van der Waals surface area (Å²) in [6.07, 6.45) is -0.536. The van der Waals surface area contributed by atoms with E-state index in [1.54, 1.807) is 32.9 Å². The fraction of sp³-hybridized carbons (Fsp3) is 0.500. The van der Waals surface area contributed by atoms with Crippen molar-refractivity contribution >= 4 is 11.9 Å². The Morgan fingerprint density at radius 3 is 2.45 bits per heavy atom. The number of amides is 1. The van der Waals surface area contributed by atoms with Gasteiger partial charge in [-0.05, 0) is 20.8 Å². The van der Waals surface area contributed by atoms with Crippen LogP contribution in [0.3, 0.4) is 0 Å². The van der Waals surface area contributed by atoms with E-state index in [1.807, 2.05) is 0 Å². The zero-order chi connectivity index (χ0) is 15.3. The van der Waals surface area contributed by atoms with E-state index in [-0.39, 0.29) is 12.3 Å². The molecule has 1 rings (SSSR count). The lowest BCUT2D eigenvalue weighted by Crippen LogP contribution is -2.32. The SMILES string of the molecule is COc1cc(CNC(=O)OC(C)(C)C)nc(C(C)=O)c1. The molecule has 1 heterocycles. The number of aromatic nitrogens is 1. The first-order chi connectivity index (χ1) is 9.21. The van der Waals surface area contributed by atoms with E-state index in [2.05, 4.69) is 10.3 Å². The number of Topliss-reactive ketones (excluding diaryl/α,β-unsaturated/α-hetero) is 1. The van der Waals surface area contributed by atoms with Crippen LogP contribution in [0.5, 0.6) is 5.75 Å². The summed E-state index contributed by atoms with van der Waals surface area (Å²) in [6.45, 7) is 6.93. The predicted octanol–water partition coefficient (Wildman–Crippen LogP) is 2.32. The predicted molar refractivity (Wildman–Crippen MR) is 73.9 cm³/mol. The van der Waals surface area contributed by atoms with Crippen LogP contribution in [0.4, 0.5) is 4.79 Å². The van der Waals surface area contributed by atoms with Gasteiger partial charge in [0.05, 0.1) is 19.3 Å². The van der Waals surface area contributed by atoms with E-state index in [0.717, 1.165) is 0 Å². The second-order valence-electron chi connectivity index (χ2n) is 5.30. The molecule has 6 heteroatoms. The molecule has 0 saturated heterocycles. The molecule has 6 nitrogen and oxygen atoms in total. The zero-order valence-electron chi connectivity index (χ0n) is 12.4. The van der Waals surface area contributed by atoms with Crippen molar-refractivity contribution in [2.45, 2.75) is 39.8 Å². The van der Waals surface area contributed by atoms with Crippen molar-refractivity contribution in [3.63, 3.8) is 0 Å². The van der Waals surface area contributed by atoms with Gasteiger partial charge < -0.3 is 14.8 Å². The number of pyridine rings is 1. The lowest BCUT2D eigenvalue weighted by atomic mass is 10.2. The highest BCUT2D eigenvalue weighted by Crippen LogP contribution is 2.14. The number of carbonyl (C=O) groups is 2. The zero-order valence-corrected chi connectivity index (χ0v) is 12.4. The average Bonchev–Trinajstić information content (AvgIpc) is 2.33. The van der Waals surface area contributed by atoms with Crippen LogP contribution in [0.1, 0.15) is 43.9 Å². The summed E-state index contributed by atoms with van der Waals surface area (Å²) >= 11 is 0. The number of methoxy groups -OCH3 is 1. The van der Waals surface area contributed by atoms with Crippen molar-refractivity contribution in [1.29, 1.82) is 0 Å². The van der Waals surface area contributed by atoms with Gasteiger partial charge in [-0.15, -0.1) is 0 Å². The number of hydrogen-bond acceptors (Lipinski definition) is 5. The summed E-state index contributed by atoms with van der Waals surface area (Å²) in [5.74, 6) is 0.355. The fourth-order valence-electron chi connectivity index (χ4n) is 1.43. The maximum Gasteiger partial charge on any atom is 0.407 e. The minimum absolute atomic E-state index is 0.159. The minimum Gasteiger partial charge on any atom is -0.497 e. The second-order valence-corrected chi connectivity index (χ2v) is 5.30. The maximum absolute atomic E-state index is 11.5. The summed E-state index contributed by atoms with van der Waals surface area (Å²) < 4.78 is 10.2. The van der Waals surface area contributed by atoms with Gasteiger partial charge in [0, 0.05) is 19.1 Å². The third-order valence-electron chi connectivity index (χ3n) is 2.26. The van der Waals surface area contributed by atoms with E-state index in [1.165, 1.54) is 14.0 Å². The number of nitrogens with one attached hydrogen (secondary N) is 1. The van der Waals surface area contributed by atoms with Gasteiger partial charge >= 0.3 is 6.09 Å². The van der Waals surface area contributed by atoms with E-state index in [4.69, 9.17) is 9.47 Å². The highest BCUT2D eigenvalue weighted by molar-refractivity contribution is 5.92. The van der Waals surface area contributed by atoms with Crippen molar-refractivity contribution in [2.75, 3.05) is 7.11 Å². The number of alkyl carbamates (subject to hydrolysis) is 1. The van der Waals surface area contributed by atoms with Crippen LogP contribution in [0.2, 0.25) is 0 Å². The van der Waals surface area contributed by atoms with Crippen molar-refractivity contribution in [2.24, 2.45) is 0 Å². The minimum atomic E-state index is -0.559. The van der Waals surface area contributed by atoms with Crippen LogP contribution >= 0.6 is 0 Å². The van der Waals surface area contributed by atoms with Crippen molar-refractivity contribution in [1.82, 2.24) is 10.3 Å². The van der Waals surface area contributed by atoms with Gasteiger partial charge in [0.15, 0.2) is 5.78 Å². The summed E-state index contributed by atoms with van der Waals surface area (Å²) in [4.78, 5) is 27.1. The highest BCUT2D eigenvalue weighted by atomic mass is 16.6. The Balaban J connectivity index is 2.75. The average molecular weight is 280 g/mol. The number of ether oxygens (including phenoxy) is 2. The van der Waals surface area contributed by atoms with Crippen molar-refractivity contribution < 1.29 is 19.1 Å². The molecule has 0 aliphatic rings. The third-order valence-corrected chi connectivity index (χ3v) is 2.26. The third kappa shape index (κ3) is 5.26. The molecular formula is C14H20N2O4. The number of nitrogens with zero attached hydrogens (tertiary/aromatic N) is 1. The molecule has 0 saturated carbocycles. The van der Waals surface area contributed by atoms with Gasteiger partial charge in [-0.2, -0.15) is 0 Å². The van der Waals surface area contributed by atoms with Gasteiger partial charge in [0.25, 0.3) is 0 Å². The molecule has 0 fully saturated rings. The summed E-state index contributed by atoms with van der Waals surface area (Å²) in [7, 11) is 1.50. The first kappa shape index (κ1) is 15.9. The molecule has 0 aromatic carbocycles. The standard InChI is InChI=1S/C14H20N2O4/c1-9(17)12-7-11(19-5)6-10(16-12)8-15-13(18)20-14(2,3)4/h6-7H,8H2,1-5H3,(H,15,18). The molecule has 1 aromatic rings. The number of ketones is 1. The summed E-state index contributed by atoms with van der Waals surface area (Å²) in [5.41, 5.74) is 0.266. The van der Waals surface area contributed by atoms with E-state index in [9.17, 15) is 9.59 Å². The van der Waals surface area contributed by atoms with Gasteiger partial charge in [0.1, 0.15) is 17.0 Å². The van der Waals surface area contributed by atoms with Crippen LogP contribution in [-0.2, 0) is 11.3 Å². The Morgan fingerprint density at radius 1 is 1.30 bits per heavy atom. The maximum atomic E-state index is 11.5.